The van der Waals surface area contributed by atoms with E-state index in [1.807, 2.05) is 6.92 Å². The first-order chi connectivity index (χ1) is 7.10. The van der Waals surface area contributed by atoms with Crippen molar-refractivity contribution < 1.29 is 9.13 Å². The molecular weight excluding hydrogens is 261 g/mol. The summed E-state index contributed by atoms with van der Waals surface area (Å²) in [5, 5.41) is 0. The minimum absolute atomic E-state index is 0.217. The number of nitrogens with two attached hydrogens (primary N) is 1. The molecular formula is C11H15BrFNO. The summed E-state index contributed by atoms with van der Waals surface area (Å²) in [4.78, 5) is 0. The van der Waals surface area contributed by atoms with Crippen LogP contribution in [0.3, 0.4) is 0 Å². The lowest BCUT2D eigenvalue weighted by atomic mass is 9.97. The minimum Gasteiger partial charge on any atom is -0.495 e. The standard InChI is InChI=1S/C11H15BrFNO/c1-7(3-4-14)9-5-8(13)6-10(15-2)11(9)12/h5-7H,3-4,14H2,1-2H3. The topological polar surface area (TPSA) is 35.2 Å². The molecule has 0 aliphatic carbocycles. The first kappa shape index (κ1) is 12.5. The Hall–Kier alpha value is -0.610. The van der Waals surface area contributed by atoms with E-state index < -0.39 is 0 Å². The van der Waals surface area contributed by atoms with E-state index in [0.717, 1.165) is 16.5 Å². The number of ether oxygens (including phenoxy) is 1. The molecule has 2 N–H and O–H groups in total. The quantitative estimate of drug-likeness (QED) is 0.917. The van der Waals surface area contributed by atoms with E-state index in [0.29, 0.717) is 12.3 Å². The highest BCUT2D eigenvalue weighted by molar-refractivity contribution is 9.10. The Balaban J connectivity index is 3.11. The van der Waals surface area contributed by atoms with Gasteiger partial charge in [0, 0.05) is 6.07 Å². The van der Waals surface area contributed by atoms with Gasteiger partial charge in [-0.1, -0.05) is 6.92 Å². The van der Waals surface area contributed by atoms with Crippen LogP contribution in [-0.2, 0) is 0 Å². The van der Waals surface area contributed by atoms with Crippen molar-refractivity contribution in [2.75, 3.05) is 13.7 Å². The molecule has 0 amide bonds. The van der Waals surface area contributed by atoms with Crippen molar-refractivity contribution in [3.8, 4) is 5.75 Å². The van der Waals surface area contributed by atoms with Gasteiger partial charge >= 0.3 is 0 Å². The summed E-state index contributed by atoms with van der Waals surface area (Å²) < 4.78 is 19.2. The molecule has 0 spiro atoms. The van der Waals surface area contributed by atoms with Gasteiger partial charge in [0.15, 0.2) is 0 Å². The average Bonchev–Trinajstić information content (AvgIpc) is 2.21. The molecule has 0 aromatic heterocycles. The zero-order valence-corrected chi connectivity index (χ0v) is 10.5. The zero-order chi connectivity index (χ0) is 11.4. The van der Waals surface area contributed by atoms with Gasteiger partial charge in [-0.2, -0.15) is 0 Å². The fraction of sp³-hybridized carbons (Fsp3) is 0.455. The number of hydrogen-bond donors (Lipinski definition) is 1. The highest BCUT2D eigenvalue weighted by Gasteiger charge is 2.14. The molecule has 1 aromatic carbocycles. The molecule has 84 valence electrons. The van der Waals surface area contributed by atoms with Crippen LogP contribution in [-0.4, -0.2) is 13.7 Å². The third kappa shape index (κ3) is 2.92. The molecule has 1 atom stereocenters. The second-order valence-corrected chi connectivity index (χ2v) is 4.28. The van der Waals surface area contributed by atoms with Crippen LogP contribution in [0.15, 0.2) is 16.6 Å². The molecule has 2 nitrogen and oxygen atoms in total. The molecule has 1 aromatic rings. The first-order valence-electron chi connectivity index (χ1n) is 4.83. The summed E-state index contributed by atoms with van der Waals surface area (Å²) in [7, 11) is 1.52. The second kappa shape index (κ2) is 5.47. The number of hydrogen-bond acceptors (Lipinski definition) is 2. The Labute approximate surface area is 97.7 Å². The summed E-state index contributed by atoms with van der Waals surface area (Å²) in [6.45, 7) is 2.61. The minimum atomic E-state index is -0.283. The summed E-state index contributed by atoms with van der Waals surface area (Å²) in [6, 6.07) is 2.88. The summed E-state index contributed by atoms with van der Waals surface area (Å²) in [6.07, 6.45) is 0.825. The lowest BCUT2D eigenvalue weighted by molar-refractivity contribution is 0.407. The number of halogens is 2. The van der Waals surface area contributed by atoms with Gasteiger partial charge in [-0.05, 0) is 46.4 Å². The second-order valence-electron chi connectivity index (χ2n) is 3.49. The van der Waals surface area contributed by atoms with Gasteiger partial charge < -0.3 is 10.5 Å². The fourth-order valence-corrected chi connectivity index (χ4v) is 2.28. The van der Waals surface area contributed by atoms with Gasteiger partial charge in [0.25, 0.3) is 0 Å². The molecule has 4 heteroatoms. The molecule has 0 aliphatic rings. The Morgan fingerprint density at radius 2 is 2.20 bits per heavy atom. The highest BCUT2D eigenvalue weighted by Crippen LogP contribution is 2.35. The van der Waals surface area contributed by atoms with Gasteiger partial charge in [0.05, 0.1) is 11.6 Å². The average molecular weight is 276 g/mol. The lowest BCUT2D eigenvalue weighted by Gasteiger charge is -2.15. The van der Waals surface area contributed by atoms with Crippen LogP contribution in [0.2, 0.25) is 0 Å². The maximum Gasteiger partial charge on any atom is 0.136 e. The number of methoxy groups -OCH3 is 1. The van der Waals surface area contributed by atoms with Crippen LogP contribution in [0, 0.1) is 5.82 Å². The van der Waals surface area contributed by atoms with Gasteiger partial charge in [0.2, 0.25) is 0 Å². The summed E-state index contributed by atoms with van der Waals surface area (Å²) >= 11 is 3.41. The molecule has 0 saturated heterocycles. The molecule has 1 rings (SSSR count). The third-order valence-electron chi connectivity index (χ3n) is 2.38. The van der Waals surface area contributed by atoms with Crippen molar-refractivity contribution in [3.63, 3.8) is 0 Å². The lowest BCUT2D eigenvalue weighted by Crippen LogP contribution is -2.06. The monoisotopic (exact) mass is 275 g/mol. The Morgan fingerprint density at radius 1 is 1.53 bits per heavy atom. The molecule has 0 radical (unpaired) electrons. The number of rotatable bonds is 4. The van der Waals surface area contributed by atoms with Crippen LogP contribution < -0.4 is 10.5 Å². The van der Waals surface area contributed by atoms with Crippen molar-refractivity contribution in [1.29, 1.82) is 0 Å². The van der Waals surface area contributed by atoms with Crippen LogP contribution in [0.5, 0.6) is 5.75 Å². The molecule has 0 fully saturated rings. The van der Waals surface area contributed by atoms with Crippen LogP contribution in [0.4, 0.5) is 4.39 Å². The largest absolute Gasteiger partial charge is 0.495 e. The van der Waals surface area contributed by atoms with E-state index >= 15 is 0 Å². The molecule has 15 heavy (non-hydrogen) atoms. The summed E-state index contributed by atoms with van der Waals surface area (Å²) in [5.74, 6) is 0.455. The maximum absolute atomic E-state index is 13.3. The predicted molar refractivity (Wildman–Crippen MR) is 62.7 cm³/mol. The van der Waals surface area contributed by atoms with Gasteiger partial charge in [-0.25, -0.2) is 4.39 Å². The molecule has 0 aliphatic heterocycles. The Kier molecular flexibility index (Phi) is 4.54. The molecule has 1 unspecified atom stereocenters. The van der Waals surface area contributed by atoms with E-state index in [9.17, 15) is 4.39 Å². The number of benzene rings is 1. The van der Waals surface area contributed by atoms with Crippen LogP contribution in [0.1, 0.15) is 24.8 Å². The molecule has 0 saturated carbocycles. The van der Waals surface area contributed by atoms with Crippen molar-refractivity contribution in [2.24, 2.45) is 5.73 Å². The smallest absolute Gasteiger partial charge is 0.136 e. The van der Waals surface area contributed by atoms with Crippen molar-refractivity contribution in [2.45, 2.75) is 19.3 Å². The van der Waals surface area contributed by atoms with Crippen molar-refractivity contribution in [3.05, 3.63) is 28.0 Å². The Bertz CT molecular complexity index is 344. The van der Waals surface area contributed by atoms with Crippen molar-refractivity contribution >= 4 is 15.9 Å². The maximum atomic E-state index is 13.3. The van der Waals surface area contributed by atoms with Gasteiger partial charge in [-0.15, -0.1) is 0 Å². The normalized spacial score (nSPS) is 12.6. The van der Waals surface area contributed by atoms with E-state index in [-0.39, 0.29) is 11.7 Å². The zero-order valence-electron chi connectivity index (χ0n) is 8.89. The van der Waals surface area contributed by atoms with E-state index in [1.165, 1.54) is 19.2 Å². The van der Waals surface area contributed by atoms with E-state index in [1.54, 1.807) is 0 Å². The predicted octanol–water partition coefficient (Wildman–Crippen LogP) is 3.05. The van der Waals surface area contributed by atoms with Crippen LogP contribution in [0.25, 0.3) is 0 Å². The highest BCUT2D eigenvalue weighted by atomic mass is 79.9. The van der Waals surface area contributed by atoms with Gasteiger partial charge in [0.1, 0.15) is 11.6 Å². The first-order valence-corrected chi connectivity index (χ1v) is 5.62. The van der Waals surface area contributed by atoms with Crippen molar-refractivity contribution in [1.82, 2.24) is 0 Å². The SMILES string of the molecule is COc1cc(F)cc(C(C)CCN)c1Br. The third-order valence-corrected chi connectivity index (χ3v) is 3.23. The summed E-state index contributed by atoms with van der Waals surface area (Å²) in [5.41, 5.74) is 6.39. The fourth-order valence-electron chi connectivity index (χ4n) is 1.50. The van der Waals surface area contributed by atoms with E-state index in [2.05, 4.69) is 15.9 Å². The van der Waals surface area contributed by atoms with E-state index in [4.69, 9.17) is 10.5 Å². The Morgan fingerprint density at radius 3 is 2.73 bits per heavy atom. The molecule has 0 bridgehead atoms. The molecule has 0 heterocycles. The van der Waals surface area contributed by atoms with Crippen LogP contribution >= 0.6 is 15.9 Å². The van der Waals surface area contributed by atoms with Gasteiger partial charge in [-0.3, -0.25) is 0 Å².